The number of carbonyl (C=O) groups is 1. The molecule has 1 N–H and O–H groups in total. The van der Waals surface area contributed by atoms with Crippen molar-refractivity contribution in [1.29, 1.82) is 0 Å². The highest BCUT2D eigenvalue weighted by Crippen LogP contribution is 2.64. The highest BCUT2D eigenvalue weighted by Gasteiger charge is 2.60. The third-order valence-electron chi connectivity index (χ3n) is 6.83. The quantitative estimate of drug-likeness (QED) is 0.465. The van der Waals surface area contributed by atoms with E-state index in [4.69, 9.17) is 0 Å². The SMILES string of the molecule is CC12CCC(C/C1=N/N=C1\NC(=O)/C(=C\c3ccc([N+](=O)[O-])cc3)S1)C2(C)C. The van der Waals surface area contributed by atoms with E-state index in [1.807, 2.05) is 0 Å². The molecule has 1 amide bonds. The molecule has 1 heterocycles. The zero-order valence-electron chi connectivity index (χ0n) is 16.1. The van der Waals surface area contributed by atoms with Crippen molar-refractivity contribution in [1.82, 2.24) is 5.32 Å². The van der Waals surface area contributed by atoms with Gasteiger partial charge in [0, 0.05) is 23.3 Å². The maximum absolute atomic E-state index is 12.2. The number of hydrogen-bond acceptors (Lipinski definition) is 6. The van der Waals surface area contributed by atoms with Gasteiger partial charge in [-0.05, 0) is 66.1 Å². The van der Waals surface area contributed by atoms with Crippen LogP contribution < -0.4 is 5.32 Å². The lowest BCUT2D eigenvalue weighted by Gasteiger charge is -2.34. The molecule has 1 aliphatic heterocycles. The van der Waals surface area contributed by atoms with E-state index >= 15 is 0 Å². The summed E-state index contributed by atoms with van der Waals surface area (Å²) < 4.78 is 0. The monoisotopic (exact) mass is 398 g/mol. The minimum atomic E-state index is -0.449. The number of fused-ring (bicyclic) bond motifs is 2. The van der Waals surface area contributed by atoms with Gasteiger partial charge in [0.15, 0.2) is 5.17 Å². The van der Waals surface area contributed by atoms with Crippen LogP contribution in [0.3, 0.4) is 0 Å². The van der Waals surface area contributed by atoms with Crippen LogP contribution in [-0.4, -0.2) is 21.7 Å². The summed E-state index contributed by atoms with van der Waals surface area (Å²) >= 11 is 1.24. The summed E-state index contributed by atoms with van der Waals surface area (Å²) in [4.78, 5) is 23.0. The lowest BCUT2D eigenvalue weighted by Crippen LogP contribution is -2.32. The Kier molecular flexibility index (Phi) is 4.41. The maximum Gasteiger partial charge on any atom is 0.269 e. The predicted octanol–water partition coefficient (Wildman–Crippen LogP) is 4.36. The highest BCUT2D eigenvalue weighted by atomic mass is 32.2. The van der Waals surface area contributed by atoms with Crippen LogP contribution in [0.25, 0.3) is 6.08 Å². The molecule has 146 valence electrons. The molecular weight excluding hydrogens is 376 g/mol. The number of amidine groups is 1. The smallest absolute Gasteiger partial charge is 0.269 e. The van der Waals surface area contributed by atoms with Crippen LogP contribution in [0.1, 0.15) is 45.6 Å². The second-order valence-electron chi connectivity index (χ2n) is 8.36. The van der Waals surface area contributed by atoms with E-state index in [2.05, 4.69) is 36.3 Å². The second kappa shape index (κ2) is 6.55. The molecule has 8 heteroatoms. The van der Waals surface area contributed by atoms with Crippen molar-refractivity contribution in [3.05, 3.63) is 44.8 Å². The van der Waals surface area contributed by atoms with Crippen molar-refractivity contribution in [3.8, 4) is 0 Å². The molecule has 3 aliphatic rings. The van der Waals surface area contributed by atoms with Gasteiger partial charge in [-0.3, -0.25) is 20.2 Å². The average Bonchev–Trinajstić information content (AvgIpc) is 3.17. The molecule has 0 spiro atoms. The Morgan fingerprint density at radius 3 is 2.54 bits per heavy atom. The van der Waals surface area contributed by atoms with Gasteiger partial charge in [-0.25, -0.2) is 0 Å². The van der Waals surface area contributed by atoms with Crippen LogP contribution in [0.15, 0.2) is 39.4 Å². The highest BCUT2D eigenvalue weighted by molar-refractivity contribution is 8.18. The molecule has 0 aromatic heterocycles. The summed E-state index contributed by atoms with van der Waals surface area (Å²) in [5.74, 6) is 0.418. The number of nitro groups is 1. The number of amides is 1. The number of nitro benzene ring substituents is 1. The van der Waals surface area contributed by atoms with Crippen molar-refractivity contribution < 1.29 is 9.72 Å². The molecule has 2 unspecified atom stereocenters. The maximum atomic E-state index is 12.2. The number of benzene rings is 1. The zero-order chi connectivity index (χ0) is 20.1. The lowest BCUT2D eigenvalue weighted by atomic mass is 9.70. The molecule has 3 fully saturated rings. The van der Waals surface area contributed by atoms with Crippen LogP contribution in [0.5, 0.6) is 0 Å². The van der Waals surface area contributed by atoms with Gasteiger partial charge in [-0.15, -0.1) is 5.10 Å². The van der Waals surface area contributed by atoms with E-state index in [9.17, 15) is 14.9 Å². The number of nitrogens with one attached hydrogen (secondary N) is 1. The first-order chi connectivity index (χ1) is 13.2. The summed E-state index contributed by atoms with van der Waals surface area (Å²) in [5.41, 5.74) is 2.18. The van der Waals surface area contributed by atoms with Gasteiger partial charge in [0.05, 0.1) is 9.83 Å². The first-order valence-corrected chi connectivity index (χ1v) is 10.1. The van der Waals surface area contributed by atoms with Crippen LogP contribution in [-0.2, 0) is 4.79 Å². The fourth-order valence-corrected chi connectivity index (χ4v) is 5.28. The normalized spacial score (nSPS) is 32.5. The average molecular weight is 398 g/mol. The topological polar surface area (TPSA) is 97.0 Å². The third-order valence-corrected chi connectivity index (χ3v) is 7.73. The number of non-ortho nitro benzene ring substituents is 1. The second-order valence-corrected chi connectivity index (χ2v) is 9.39. The molecule has 2 saturated carbocycles. The molecule has 1 aromatic rings. The van der Waals surface area contributed by atoms with Gasteiger partial charge in [-0.2, -0.15) is 5.10 Å². The Labute approximate surface area is 167 Å². The van der Waals surface area contributed by atoms with Crippen molar-refractivity contribution >= 4 is 40.3 Å². The van der Waals surface area contributed by atoms with E-state index < -0.39 is 4.92 Å². The van der Waals surface area contributed by atoms with E-state index in [1.54, 1.807) is 18.2 Å². The Morgan fingerprint density at radius 1 is 1.25 bits per heavy atom. The van der Waals surface area contributed by atoms with Gasteiger partial charge < -0.3 is 0 Å². The molecular formula is C20H22N4O3S. The Hall–Kier alpha value is -2.48. The fourth-order valence-electron chi connectivity index (χ4n) is 4.50. The van der Waals surface area contributed by atoms with Gasteiger partial charge in [0.25, 0.3) is 11.6 Å². The number of hydrogen-bond donors (Lipinski definition) is 1. The Bertz CT molecular complexity index is 949. The van der Waals surface area contributed by atoms with Gasteiger partial charge >= 0.3 is 0 Å². The van der Waals surface area contributed by atoms with Crippen molar-refractivity contribution in [2.75, 3.05) is 0 Å². The van der Waals surface area contributed by atoms with E-state index in [0.717, 1.165) is 24.1 Å². The van der Waals surface area contributed by atoms with Crippen LogP contribution in [0, 0.1) is 26.9 Å². The van der Waals surface area contributed by atoms with E-state index in [-0.39, 0.29) is 22.4 Å². The molecule has 1 saturated heterocycles. The summed E-state index contributed by atoms with van der Waals surface area (Å²) in [7, 11) is 0. The van der Waals surface area contributed by atoms with E-state index in [0.29, 0.717) is 16.0 Å². The number of thioether (sulfide) groups is 1. The molecule has 2 aliphatic carbocycles. The van der Waals surface area contributed by atoms with Gasteiger partial charge in [0.2, 0.25) is 0 Å². The Morgan fingerprint density at radius 2 is 1.96 bits per heavy atom. The van der Waals surface area contributed by atoms with Crippen molar-refractivity contribution in [2.24, 2.45) is 27.0 Å². The molecule has 4 rings (SSSR count). The molecule has 0 radical (unpaired) electrons. The largest absolute Gasteiger partial charge is 0.299 e. The summed E-state index contributed by atoms with van der Waals surface area (Å²) in [6.45, 7) is 6.91. The van der Waals surface area contributed by atoms with E-state index in [1.165, 1.54) is 30.3 Å². The zero-order valence-corrected chi connectivity index (χ0v) is 16.9. The third kappa shape index (κ3) is 2.96. The molecule has 2 atom stereocenters. The van der Waals surface area contributed by atoms with Crippen molar-refractivity contribution in [3.63, 3.8) is 0 Å². The number of carbonyl (C=O) groups excluding carboxylic acids is 1. The lowest BCUT2D eigenvalue weighted by molar-refractivity contribution is -0.384. The summed E-state index contributed by atoms with van der Waals surface area (Å²) in [6.07, 6.45) is 5.05. The first kappa shape index (κ1) is 18.9. The number of rotatable bonds is 3. The number of nitrogens with zero attached hydrogens (tertiary/aromatic N) is 3. The molecule has 28 heavy (non-hydrogen) atoms. The minimum Gasteiger partial charge on any atom is -0.299 e. The van der Waals surface area contributed by atoms with Gasteiger partial charge in [-0.1, -0.05) is 20.8 Å². The Balaban J connectivity index is 1.51. The van der Waals surface area contributed by atoms with Crippen LogP contribution in [0.4, 0.5) is 5.69 Å². The molecule has 2 bridgehead atoms. The van der Waals surface area contributed by atoms with Gasteiger partial charge in [0.1, 0.15) is 0 Å². The molecule has 7 nitrogen and oxygen atoms in total. The van der Waals surface area contributed by atoms with Crippen molar-refractivity contribution in [2.45, 2.75) is 40.0 Å². The minimum absolute atomic E-state index is 0.0195. The predicted molar refractivity (Wildman–Crippen MR) is 111 cm³/mol. The summed E-state index contributed by atoms with van der Waals surface area (Å²) in [6, 6.07) is 6.07. The first-order valence-electron chi connectivity index (χ1n) is 9.31. The van der Waals surface area contributed by atoms with Crippen LogP contribution in [0.2, 0.25) is 0 Å². The summed E-state index contributed by atoms with van der Waals surface area (Å²) in [5, 5.41) is 22.8. The van der Waals surface area contributed by atoms with Crippen LogP contribution >= 0.6 is 11.8 Å². The standard InChI is InChI=1S/C20H22N4O3S/c1-19(2)13-8-9-20(19,3)16(11-13)22-23-18-21-17(25)15(28-18)10-12-4-6-14(7-5-12)24(26)27/h4-7,10,13H,8-9,11H2,1-3H3,(H,21,23,25)/b15-10+,22-16-. The fraction of sp³-hybridized carbons (Fsp3) is 0.450. The molecule has 1 aromatic carbocycles.